The molecule has 0 unspecified atom stereocenters. The molecular weight excluding hydrogens is 262 g/mol. The molecule has 0 amide bonds. The lowest BCUT2D eigenvalue weighted by Gasteiger charge is -2.18. The zero-order chi connectivity index (χ0) is 14.9. The van der Waals surface area contributed by atoms with Crippen molar-refractivity contribution in [2.45, 2.75) is 20.8 Å². The molecule has 5 heteroatoms. The highest BCUT2D eigenvalue weighted by molar-refractivity contribution is 5.83. The molecule has 0 fully saturated rings. The summed E-state index contributed by atoms with van der Waals surface area (Å²) in [5.74, 6) is 0.802. The Bertz CT molecular complexity index is 737. The summed E-state index contributed by atoms with van der Waals surface area (Å²) in [5.41, 5.74) is 3.10. The Balaban J connectivity index is 1.80. The Hall–Kier alpha value is -2.43. The summed E-state index contributed by atoms with van der Waals surface area (Å²) >= 11 is 0. The van der Waals surface area contributed by atoms with Crippen molar-refractivity contribution in [2.24, 2.45) is 5.41 Å². The summed E-state index contributed by atoms with van der Waals surface area (Å²) in [6.07, 6.45) is 1.81. The van der Waals surface area contributed by atoms with Crippen LogP contribution in [0.15, 0.2) is 36.5 Å². The van der Waals surface area contributed by atoms with Crippen LogP contribution in [0.5, 0.6) is 0 Å². The van der Waals surface area contributed by atoms with Crippen LogP contribution in [0.25, 0.3) is 22.2 Å². The van der Waals surface area contributed by atoms with E-state index in [1.54, 1.807) is 0 Å². The molecule has 1 aromatic carbocycles. The second kappa shape index (κ2) is 5.16. The summed E-state index contributed by atoms with van der Waals surface area (Å²) in [6.45, 7) is 7.41. The predicted molar refractivity (Wildman–Crippen MR) is 85.1 cm³/mol. The monoisotopic (exact) mass is 281 g/mol. The molecule has 0 atom stereocenters. The van der Waals surface area contributed by atoms with E-state index in [-0.39, 0.29) is 5.41 Å². The summed E-state index contributed by atoms with van der Waals surface area (Å²) in [7, 11) is 0. The molecule has 0 aliphatic heterocycles. The van der Waals surface area contributed by atoms with E-state index in [9.17, 15) is 0 Å². The van der Waals surface area contributed by atoms with Gasteiger partial charge in [-0.2, -0.15) is 5.10 Å². The third-order valence-electron chi connectivity index (χ3n) is 3.20. The van der Waals surface area contributed by atoms with Gasteiger partial charge in [-0.25, -0.2) is 0 Å². The van der Waals surface area contributed by atoms with Gasteiger partial charge in [0.1, 0.15) is 5.82 Å². The van der Waals surface area contributed by atoms with Crippen molar-refractivity contribution in [3.8, 4) is 11.3 Å². The van der Waals surface area contributed by atoms with Crippen LogP contribution in [-0.2, 0) is 0 Å². The molecule has 0 radical (unpaired) electrons. The van der Waals surface area contributed by atoms with E-state index in [2.05, 4.69) is 46.5 Å². The number of rotatable bonds is 3. The van der Waals surface area contributed by atoms with E-state index < -0.39 is 0 Å². The molecule has 2 aromatic heterocycles. The van der Waals surface area contributed by atoms with Gasteiger partial charge in [0.25, 0.3) is 0 Å². The molecule has 5 nitrogen and oxygen atoms in total. The molecule has 108 valence electrons. The first-order valence-electron chi connectivity index (χ1n) is 7.02. The Kier molecular flexibility index (Phi) is 3.33. The summed E-state index contributed by atoms with van der Waals surface area (Å²) in [6, 6.07) is 10.0. The van der Waals surface area contributed by atoms with Crippen LogP contribution in [-0.4, -0.2) is 26.9 Å². The molecule has 0 aliphatic carbocycles. The van der Waals surface area contributed by atoms with E-state index in [1.165, 1.54) is 0 Å². The average Bonchev–Trinajstić information content (AvgIpc) is 2.92. The molecule has 21 heavy (non-hydrogen) atoms. The Morgan fingerprint density at radius 2 is 1.95 bits per heavy atom. The van der Waals surface area contributed by atoms with E-state index in [4.69, 9.17) is 0 Å². The number of fused-ring (bicyclic) bond motifs is 1. The number of aromatic amines is 1. The smallest absolute Gasteiger partial charge is 0.148 e. The van der Waals surface area contributed by atoms with E-state index >= 15 is 0 Å². The summed E-state index contributed by atoms with van der Waals surface area (Å²) < 4.78 is 0. The minimum atomic E-state index is 0.214. The van der Waals surface area contributed by atoms with Gasteiger partial charge < -0.3 is 5.32 Å². The number of hydrogen-bond donors (Lipinski definition) is 2. The molecule has 0 saturated carbocycles. The number of nitrogens with one attached hydrogen (secondary N) is 2. The third-order valence-corrected chi connectivity index (χ3v) is 3.20. The van der Waals surface area contributed by atoms with Gasteiger partial charge in [-0.15, -0.1) is 10.2 Å². The topological polar surface area (TPSA) is 66.5 Å². The van der Waals surface area contributed by atoms with Crippen LogP contribution in [0.3, 0.4) is 0 Å². The normalized spacial score (nSPS) is 11.8. The number of H-pyrrole nitrogens is 1. The first-order valence-corrected chi connectivity index (χ1v) is 7.02. The second-order valence-electron chi connectivity index (χ2n) is 6.39. The molecule has 0 bridgehead atoms. The van der Waals surface area contributed by atoms with Gasteiger partial charge in [0, 0.05) is 17.5 Å². The minimum absolute atomic E-state index is 0.214. The molecule has 2 N–H and O–H groups in total. The number of hydrogen-bond acceptors (Lipinski definition) is 4. The Morgan fingerprint density at radius 3 is 2.67 bits per heavy atom. The number of benzene rings is 1. The SMILES string of the molecule is CC(C)(C)CNc1ccc(-c2ccc3cn[nH]c3c2)nn1. The molecule has 3 aromatic rings. The number of anilines is 1. The highest BCUT2D eigenvalue weighted by Gasteiger charge is 2.10. The summed E-state index contributed by atoms with van der Waals surface area (Å²) in [4.78, 5) is 0. The molecule has 0 saturated heterocycles. The fourth-order valence-electron chi connectivity index (χ4n) is 2.03. The van der Waals surface area contributed by atoms with Crippen LogP contribution in [0.4, 0.5) is 5.82 Å². The van der Waals surface area contributed by atoms with Crippen molar-refractivity contribution in [1.29, 1.82) is 0 Å². The maximum Gasteiger partial charge on any atom is 0.148 e. The van der Waals surface area contributed by atoms with Crippen molar-refractivity contribution in [2.75, 3.05) is 11.9 Å². The quantitative estimate of drug-likeness (QED) is 0.771. The standard InChI is InChI=1S/C16H19N5/c1-16(2,3)10-17-15-7-6-13(20-21-15)11-4-5-12-9-18-19-14(12)8-11/h4-9H,10H2,1-3H3,(H,17,21)(H,18,19). The fraction of sp³-hybridized carbons (Fsp3) is 0.312. The van der Waals surface area contributed by atoms with Crippen LogP contribution < -0.4 is 5.32 Å². The van der Waals surface area contributed by atoms with Gasteiger partial charge in [0.05, 0.1) is 17.4 Å². The van der Waals surface area contributed by atoms with Crippen molar-refractivity contribution in [1.82, 2.24) is 20.4 Å². The van der Waals surface area contributed by atoms with Gasteiger partial charge in [-0.3, -0.25) is 5.10 Å². The average molecular weight is 281 g/mol. The fourth-order valence-corrected chi connectivity index (χ4v) is 2.03. The van der Waals surface area contributed by atoms with Gasteiger partial charge in [0.2, 0.25) is 0 Å². The maximum absolute atomic E-state index is 4.29. The van der Waals surface area contributed by atoms with Crippen LogP contribution in [0.1, 0.15) is 20.8 Å². The van der Waals surface area contributed by atoms with E-state index in [0.29, 0.717) is 0 Å². The number of aromatic nitrogens is 4. The van der Waals surface area contributed by atoms with Crippen LogP contribution >= 0.6 is 0 Å². The molecule has 0 spiro atoms. The van der Waals surface area contributed by atoms with Gasteiger partial charge >= 0.3 is 0 Å². The van der Waals surface area contributed by atoms with Crippen molar-refractivity contribution in [3.05, 3.63) is 36.5 Å². The van der Waals surface area contributed by atoms with Crippen LogP contribution in [0.2, 0.25) is 0 Å². The number of nitrogens with zero attached hydrogens (tertiary/aromatic N) is 3. The molecule has 2 heterocycles. The zero-order valence-electron chi connectivity index (χ0n) is 12.5. The van der Waals surface area contributed by atoms with Crippen molar-refractivity contribution >= 4 is 16.7 Å². The minimum Gasteiger partial charge on any atom is -0.368 e. The first kappa shape index (κ1) is 13.5. The maximum atomic E-state index is 4.29. The van der Waals surface area contributed by atoms with Crippen molar-refractivity contribution < 1.29 is 0 Å². The first-order chi connectivity index (χ1) is 10.0. The zero-order valence-corrected chi connectivity index (χ0v) is 12.5. The predicted octanol–water partition coefficient (Wildman–Crippen LogP) is 3.48. The van der Waals surface area contributed by atoms with E-state index in [1.807, 2.05) is 36.5 Å². The Labute approximate surface area is 123 Å². The highest BCUT2D eigenvalue weighted by atomic mass is 15.2. The molecule has 3 rings (SSSR count). The summed E-state index contributed by atoms with van der Waals surface area (Å²) in [5, 5.41) is 19.9. The highest BCUT2D eigenvalue weighted by Crippen LogP contribution is 2.22. The second-order valence-corrected chi connectivity index (χ2v) is 6.39. The lowest BCUT2D eigenvalue weighted by molar-refractivity contribution is 0.442. The van der Waals surface area contributed by atoms with Gasteiger partial charge in [-0.05, 0) is 23.6 Å². The third kappa shape index (κ3) is 3.18. The lowest BCUT2D eigenvalue weighted by Crippen LogP contribution is -2.19. The van der Waals surface area contributed by atoms with Crippen LogP contribution in [0, 0.1) is 5.41 Å². The molecule has 0 aliphatic rings. The lowest BCUT2D eigenvalue weighted by atomic mass is 9.97. The van der Waals surface area contributed by atoms with E-state index in [0.717, 1.165) is 34.5 Å². The van der Waals surface area contributed by atoms with Gasteiger partial charge in [0.15, 0.2) is 0 Å². The Morgan fingerprint density at radius 1 is 1.10 bits per heavy atom. The molecular formula is C16H19N5. The van der Waals surface area contributed by atoms with Gasteiger partial charge in [-0.1, -0.05) is 32.9 Å². The van der Waals surface area contributed by atoms with Crippen molar-refractivity contribution in [3.63, 3.8) is 0 Å². The largest absolute Gasteiger partial charge is 0.368 e.